The lowest BCUT2D eigenvalue weighted by Gasteiger charge is -2.23. The lowest BCUT2D eigenvalue weighted by molar-refractivity contribution is 0.0937. The van der Waals surface area contributed by atoms with Crippen molar-refractivity contribution < 1.29 is 18.3 Å². The van der Waals surface area contributed by atoms with Crippen molar-refractivity contribution in [2.24, 2.45) is 0 Å². The smallest absolute Gasteiger partial charge is 0.134 e. The molecular weight excluding hydrogens is 276 g/mol. The van der Waals surface area contributed by atoms with Gasteiger partial charge in [0.1, 0.15) is 17.4 Å². The summed E-state index contributed by atoms with van der Waals surface area (Å²) in [7, 11) is 1.40. The molecular formula is C16H23F2NO2. The fraction of sp³-hybridized carbons (Fsp3) is 0.625. The molecule has 0 aromatic heterocycles. The topological polar surface area (TPSA) is 30.5 Å². The van der Waals surface area contributed by atoms with Gasteiger partial charge in [0.25, 0.3) is 0 Å². The van der Waals surface area contributed by atoms with Gasteiger partial charge in [-0.1, -0.05) is 6.92 Å². The van der Waals surface area contributed by atoms with Crippen LogP contribution in [-0.2, 0) is 4.74 Å². The molecule has 0 amide bonds. The normalized spacial score (nSPS) is 19.7. The van der Waals surface area contributed by atoms with E-state index in [1.807, 2.05) is 6.92 Å². The lowest BCUT2D eigenvalue weighted by Crippen LogP contribution is -2.28. The highest BCUT2D eigenvalue weighted by Crippen LogP contribution is 2.31. The molecule has 0 aliphatic carbocycles. The predicted molar refractivity (Wildman–Crippen MR) is 77.5 cm³/mol. The van der Waals surface area contributed by atoms with Crippen LogP contribution in [0, 0.1) is 11.6 Å². The molecule has 1 aliphatic heterocycles. The van der Waals surface area contributed by atoms with Crippen LogP contribution >= 0.6 is 0 Å². The average molecular weight is 299 g/mol. The summed E-state index contributed by atoms with van der Waals surface area (Å²) < 4.78 is 39.0. The van der Waals surface area contributed by atoms with Gasteiger partial charge in [-0.15, -0.1) is 0 Å². The second-order valence-electron chi connectivity index (χ2n) is 5.38. The maximum Gasteiger partial charge on any atom is 0.134 e. The molecule has 2 atom stereocenters. The van der Waals surface area contributed by atoms with Gasteiger partial charge in [-0.05, 0) is 32.2 Å². The molecule has 1 aliphatic rings. The first-order valence-electron chi connectivity index (χ1n) is 7.53. The van der Waals surface area contributed by atoms with Crippen molar-refractivity contribution >= 4 is 0 Å². The van der Waals surface area contributed by atoms with E-state index in [0.717, 1.165) is 25.9 Å². The molecule has 1 aromatic rings. The molecule has 2 unspecified atom stereocenters. The summed E-state index contributed by atoms with van der Waals surface area (Å²) in [5, 5.41) is 3.23. The summed E-state index contributed by atoms with van der Waals surface area (Å²) in [6.07, 6.45) is 3.52. The highest BCUT2D eigenvalue weighted by molar-refractivity contribution is 5.32. The zero-order valence-corrected chi connectivity index (χ0v) is 12.6. The van der Waals surface area contributed by atoms with E-state index in [2.05, 4.69) is 5.32 Å². The van der Waals surface area contributed by atoms with Crippen LogP contribution in [0.5, 0.6) is 5.75 Å². The van der Waals surface area contributed by atoms with E-state index in [0.29, 0.717) is 13.0 Å². The third-order valence-corrected chi connectivity index (χ3v) is 3.80. The van der Waals surface area contributed by atoms with Gasteiger partial charge in [-0.3, -0.25) is 0 Å². The van der Waals surface area contributed by atoms with E-state index in [1.54, 1.807) is 0 Å². The fourth-order valence-electron chi connectivity index (χ4n) is 2.73. The van der Waals surface area contributed by atoms with E-state index in [4.69, 9.17) is 9.47 Å². The second-order valence-corrected chi connectivity index (χ2v) is 5.38. The molecule has 1 heterocycles. The number of halogens is 2. The van der Waals surface area contributed by atoms with Crippen molar-refractivity contribution in [3.63, 3.8) is 0 Å². The number of methoxy groups -OCH3 is 1. The number of hydrogen-bond donors (Lipinski definition) is 1. The number of benzene rings is 1. The summed E-state index contributed by atoms with van der Waals surface area (Å²) in [5.41, 5.74) is 0.0831. The van der Waals surface area contributed by atoms with Crippen molar-refractivity contribution in [2.45, 2.75) is 44.8 Å². The maximum absolute atomic E-state index is 14.2. The third kappa shape index (κ3) is 4.14. The van der Waals surface area contributed by atoms with E-state index in [9.17, 15) is 8.78 Å². The van der Waals surface area contributed by atoms with E-state index in [1.165, 1.54) is 19.2 Å². The van der Waals surface area contributed by atoms with Gasteiger partial charge in [0, 0.05) is 30.3 Å². The minimum absolute atomic E-state index is 0.0697. The second kappa shape index (κ2) is 7.71. The van der Waals surface area contributed by atoms with Crippen LogP contribution in [0.2, 0.25) is 0 Å². The van der Waals surface area contributed by atoms with Crippen molar-refractivity contribution in [1.82, 2.24) is 5.32 Å². The number of rotatable bonds is 7. The van der Waals surface area contributed by atoms with Crippen molar-refractivity contribution in [3.05, 3.63) is 29.3 Å². The quantitative estimate of drug-likeness (QED) is 0.834. The first-order valence-corrected chi connectivity index (χ1v) is 7.53. The number of hydrogen-bond acceptors (Lipinski definition) is 3. The van der Waals surface area contributed by atoms with Crippen molar-refractivity contribution in [3.8, 4) is 5.75 Å². The Balaban J connectivity index is 2.22. The third-order valence-electron chi connectivity index (χ3n) is 3.80. The van der Waals surface area contributed by atoms with Gasteiger partial charge in [-0.2, -0.15) is 0 Å². The highest BCUT2D eigenvalue weighted by Gasteiger charge is 2.26. The van der Waals surface area contributed by atoms with Crippen molar-refractivity contribution in [2.75, 3.05) is 20.3 Å². The molecule has 1 N–H and O–H groups in total. The Labute approximate surface area is 124 Å². The molecule has 0 radical (unpaired) electrons. The SMILES string of the molecule is CCCNC(CC1CCCO1)c1c(F)cc(OC)cc1F. The Bertz CT molecular complexity index is 439. The molecule has 0 spiro atoms. The van der Waals surface area contributed by atoms with Gasteiger partial charge in [-0.25, -0.2) is 8.78 Å². The maximum atomic E-state index is 14.2. The molecule has 21 heavy (non-hydrogen) atoms. The Kier molecular flexibility index (Phi) is 5.94. The van der Waals surface area contributed by atoms with Crippen LogP contribution in [-0.4, -0.2) is 26.4 Å². The molecule has 2 rings (SSSR count). The largest absolute Gasteiger partial charge is 0.497 e. The van der Waals surface area contributed by atoms with Crippen molar-refractivity contribution in [1.29, 1.82) is 0 Å². The molecule has 0 bridgehead atoms. The van der Waals surface area contributed by atoms with Crippen LogP contribution in [0.15, 0.2) is 12.1 Å². The molecule has 118 valence electrons. The zero-order valence-electron chi connectivity index (χ0n) is 12.6. The average Bonchev–Trinajstić information content (AvgIpc) is 2.96. The Hall–Kier alpha value is -1.20. The molecule has 0 saturated carbocycles. The zero-order chi connectivity index (χ0) is 15.2. The monoisotopic (exact) mass is 299 g/mol. The Morgan fingerprint density at radius 1 is 1.38 bits per heavy atom. The van der Waals surface area contributed by atoms with Gasteiger partial charge in [0.2, 0.25) is 0 Å². The minimum Gasteiger partial charge on any atom is -0.497 e. The molecule has 1 aromatic carbocycles. The summed E-state index contributed by atoms with van der Waals surface area (Å²) >= 11 is 0. The Morgan fingerprint density at radius 2 is 2.10 bits per heavy atom. The van der Waals surface area contributed by atoms with Crippen LogP contribution in [0.3, 0.4) is 0 Å². The van der Waals surface area contributed by atoms with Gasteiger partial charge in [0.15, 0.2) is 0 Å². The first-order chi connectivity index (χ1) is 10.2. The standard InChI is InChI=1S/C16H23F2NO2/c1-3-6-19-15(10-11-5-4-7-21-11)16-13(17)8-12(20-2)9-14(16)18/h8-9,11,15,19H,3-7,10H2,1-2H3. The first kappa shape index (κ1) is 16.2. The van der Waals surface area contributed by atoms with Gasteiger partial charge < -0.3 is 14.8 Å². The summed E-state index contributed by atoms with van der Waals surface area (Å²) in [5.74, 6) is -0.947. The lowest BCUT2D eigenvalue weighted by atomic mass is 9.97. The van der Waals surface area contributed by atoms with Crippen LogP contribution in [0.4, 0.5) is 8.78 Å². The fourth-order valence-corrected chi connectivity index (χ4v) is 2.73. The summed E-state index contributed by atoms with van der Waals surface area (Å²) in [6, 6.07) is 2.09. The van der Waals surface area contributed by atoms with E-state index in [-0.39, 0.29) is 23.5 Å². The predicted octanol–water partition coefficient (Wildman–Crippen LogP) is 3.58. The van der Waals surface area contributed by atoms with E-state index < -0.39 is 11.6 Å². The molecule has 1 saturated heterocycles. The number of ether oxygens (including phenoxy) is 2. The Morgan fingerprint density at radius 3 is 2.62 bits per heavy atom. The van der Waals surface area contributed by atoms with Crippen LogP contribution < -0.4 is 10.1 Å². The number of nitrogens with one attached hydrogen (secondary N) is 1. The van der Waals surface area contributed by atoms with E-state index >= 15 is 0 Å². The molecule has 3 nitrogen and oxygen atoms in total. The summed E-state index contributed by atoms with van der Waals surface area (Å²) in [6.45, 7) is 3.47. The van der Waals surface area contributed by atoms with Crippen LogP contribution in [0.25, 0.3) is 0 Å². The van der Waals surface area contributed by atoms with Gasteiger partial charge >= 0.3 is 0 Å². The van der Waals surface area contributed by atoms with Gasteiger partial charge in [0.05, 0.1) is 13.2 Å². The molecule has 5 heteroatoms. The molecule has 1 fully saturated rings. The highest BCUT2D eigenvalue weighted by atomic mass is 19.1. The minimum atomic E-state index is -0.571. The summed E-state index contributed by atoms with van der Waals surface area (Å²) in [4.78, 5) is 0. The van der Waals surface area contributed by atoms with Crippen LogP contribution in [0.1, 0.15) is 44.2 Å².